The highest BCUT2D eigenvalue weighted by molar-refractivity contribution is 7.98. The summed E-state index contributed by atoms with van der Waals surface area (Å²) in [5.41, 5.74) is 3.20. The largest absolute Gasteiger partial charge is 0.454 e. The average Bonchev–Trinajstić information content (AvgIpc) is 3.38. The van der Waals surface area contributed by atoms with E-state index in [1.165, 1.54) is 11.8 Å². The molecule has 0 saturated carbocycles. The molecule has 0 unspecified atom stereocenters. The van der Waals surface area contributed by atoms with Crippen LogP contribution < -0.4 is 9.47 Å². The van der Waals surface area contributed by atoms with Crippen LogP contribution >= 0.6 is 23.4 Å². The third-order valence-corrected chi connectivity index (χ3v) is 5.07. The van der Waals surface area contributed by atoms with Crippen LogP contribution in [0.25, 0.3) is 22.5 Å². The highest BCUT2D eigenvalue weighted by atomic mass is 35.5. The quantitative estimate of drug-likeness (QED) is 0.448. The fraction of sp³-hybridized carbons (Fsp3) is 0.167. The van der Waals surface area contributed by atoms with Crippen molar-refractivity contribution in [2.75, 3.05) is 6.79 Å². The summed E-state index contributed by atoms with van der Waals surface area (Å²) in [5.74, 6) is 2.80. The van der Waals surface area contributed by atoms with Crippen LogP contribution in [0.2, 0.25) is 5.02 Å². The zero-order valence-corrected chi connectivity index (χ0v) is 15.6. The summed E-state index contributed by atoms with van der Waals surface area (Å²) in [6, 6.07) is 9.15. The number of hydrogen-bond acceptors (Lipinski definition) is 8. The van der Waals surface area contributed by atoms with Crippen LogP contribution in [-0.4, -0.2) is 21.9 Å². The smallest absolute Gasteiger partial charge is 0.257 e. The Hall–Kier alpha value is -2.71. The number of rotatable bonds is 4. The molecule has 0 amide bonds. The molecule has 0 spiro atoms. The van der Waals surface area contributed by atoms with Gasteiger partial charge in [-0.3, -0.25) is 0 Å². The number of nitrogens with zero attached hydrogens (tertiary/aromatic N) is 3. The van der Waals surface area contributed by atoms with Crippen LogP contribution in [-0.2, 0) is 5.75 Å². The van der Waals surface area contributed by atoms with Gasteiger partial charge in [-0.2, -0.15) is 4.98 Å². The lowest BCUT2D eigenvalue weighted by Crippen LogP contribution is -1.92. The minimum absolute atomic E-state index is 0.224. The first kappa shape index (κ1) is 16.5. The lowest BCUT2D eigenvalue weighted by atomic mass is 10.2. The lowest BCUT2D eigenvalue weighted by molar-refractivity contribution is 0.174. The van der Waals surface area contributed by atoms with Crippen molar-refractivity contribution in [1.29, 1.82) is 0 Å². The van der Waals surface area contributed by atoms with Crippen molar-refractivity contribution in [3.63, 3.8) is 0 Å². The van der Waals surface area contributed by atoms with Gasteiger partial charge >= 0.3 is 0 Å². The molecule has 0 fully saturated rings. The molecule has 5 rings (SSSR count). The highest BCUT2D eigenvalue weighted by Gasteiger charge is 2.17. The van der Waals surface area contributed by atoms with Crippen LogP contribution in [0.5, 0.6) is 11.5 Å². The Morgan fingerprint density at radius 3 is 2.93 bits per heavy atom. The number of hydrogen-bond donors (Lipinski definition) is 0. The monoisotopic (exact) mass is 401 g/mol. The third-order valence-electron chi connectivity index (χ3n) is 4.04. The normalized spacial score (nSPS) is 12.8. The standard InChI is InChI=1S/C18H12ClN3O4S/c1-9-4-11(19)6-12-16(9)25-18(20-12)27-7-15-21-17(22-26-15)10-2-3-13-14(5-10)24-8-23-13/h2-6H,7-8H2,1H3. The van der Waals surface area contributed by atoms with E-state index in [9.17, 15) is 0 Å². The van der Waals surface area contributed by atoms with Gasteiger partial charge in [0.25, 0.3) is 5.22 Å². The number of thioether (sulfide) groups is 1. The van der Waals surface area contributed by atoms with E-state index < -0.39 is 0 Å². The Morgan fingerprint density at radius 2 is 2.00 bits per heavy atom. The van der Waals surface area contributed by atoms with Gasteiger partial charge in [0.05, 0.1) is 5.75 Å². The average molecular weight is 402 g/mol. The SMILES string of the molecule is Cc1cc(Cl)cc2nc(SCc3nc(-c4ccc5c(c4)OCO5)no3)oc12. The van der Waals surface area contributed by atoms with Gasteiger partial charge in [-0.1, -0.05) is 28.5 Å². The molecule has 2 aromatic heterocycles. The molecule has 0 aliphatic carbocycles. The van der Waals surface area contributed by atoms with Crippen molar-refractivity contribution in [2.24, 2.45) is 0 Å². The van der Waals surface area contributed by atoms with Crippen LogP contribution in [0.3, 0.4) is 0 Å². The molecule has 27 heavy (non-hydrogen) atoms. The lowest BCUT2D eigenvalue weighted by Gasteiger charge is -1.97. The Morgan fingerprint density at radius 1 is 1.11 bits per heavy atom. The van der Waals surface area contributed by atoms with Gasteiger partial charge < -0.3 is 18.4 Å². The summed E-state index contributed by atoms with van der Waals surface area (Å²) >= 11 is 7.44. The summed E-state index contributed by atoms with van der Waals surface area (Å²) in [4.78, 5) is 8.87. The number of fused-ring (bicyclic) bond motifs is 2. The Kier molecular flexibility index (Phi) is 3.95. The van der Waals surface area contributed by atoms with Gasteiger partial charge in [-0.25, -0.2) is 4.98 Å². The molecule has 136 valence electrons. The van der Waals surface area contributed by atoms with Gasteiger partial charge in [-0.15, -0.1) is 0 Å². The first-order valence-electron chi connectivity index (χ1n) is 8.08. The minimum atomic E-state index is 0.224. The number of oxazole rings is 1. The zero-order valence-electron chi connectivity index (χ0n) is 14.1. The van der Waals surface area contributed by atoms with Crippen molar-refractivity contribution >= 4 is 34.5 Å². The highest BCUT2D eigenvalue weighted by Crippen LogP contribution is 2.35. The number of halogens is 1. The van der Waals surface area contributed by atoms with Crippen LogP contribution in [0.4, 0.5) is 0 Å². The van der Waals surface area contributed by atoms with E-state index >= 15 is 0 Å². The van der Waals surface area contributed by atoms with Crippen LogP contribution in [0.15, 0.2) is 44.5 Å². The maximum absolute atomic E-state index is 6.06. The third kappa shape index (κ3) is 3.11. The number of benzene rings is 2. The Bertz CT molecular complexity index is 1160. The fourth-order valence-corrected chi connectivity index (χ4v) is 3.72. The number of aryl methyl sites for hydroxylation is 1. The molecule has 1 aliphatic heterocycles. The molecule has 3 heterocycles. The molecule has 9 heteroatoms. The second kappa shape index (κ2) is 6.47. The molecule has 2 aromatic carbocycles. The maximum Gasteiger partial charge on any atom is 0.257 e. The Balaban J connectivity index is 1.33. The van der Waals surface area contributed by atoms with Gasteiger partial charge in [0, 0.05) is 10.6 Å². The topological polar surface area (TPSA) is 83.4 Å². The Labute approximate surface area is 162 Å². The van der Waals surface area contributed by atoms with E-state index in [1.54, 1.807) is 6.07 Å². The first-order valence-corrected chi connectivity index (χ1v) is 9.44. The van der Waals surface area contributed by atoms with E-state index in [2.05, 4.69) is 15.1 Å². The zero-order chi connectivity index (χ0) is 18.4. The summed E-state index contributed by atoms with van der Waals surface area (Å²) < 4.78 is 21.8. The van der Waals surface area contributed by atoms with Crippen molar-refractivity contribution < 1.29 is 18.4 Å². The van der Waals surface area contributed by atoms with E-state index in [4.69, 9.17) is 30.0 Å². The molecule has 0 saturated heterocycles. The molecule has 0 atom stereocenters. The maximum atomic E-state index is 6.06. The van der Waals surface area contributed by atoms with Crippen molar-refractivity contribution in [3.05, 3.63) is 46.8 Å². The summed E-state index contributed by atoms with van der Waals surface area (Å²) in [6.45, 7) is 2.16. The second-order valence-corrected chi connectivity index (χ2v) is 7.28. The number of ether oxygens (including phenoxy) is 2. The minimum Gasteiger partial charge on any atom is -0.454 e. The van der Waals surface area contributed by atoms with Crippen molar-refractivity contribution in [3.8, 4) is 22.9 Å². The second-order valence-electron chi connectivity index (χ2n) is 5.92. The molecule has 0 N–H and O–H groups in total. The summed E-state index contributed by atoms with van der Waals surface area (Å²) in [6.07, 6.45) is 0. The molecule has 0 bridgehead atoms. The predicted octanol–water partition coefficient (Wildman–Crippen LogP) is 4.86. The van der Waals surface area contributed by atoms with E-state index in [-0.39, 0.29) is 6.79 Å². The summed E-state index contributed by atoms with van der Waals surface area (Å²) in [5, 5.41) is 5.19. The van der Waals surface area contributed by atoms with Crippen LogP contribution in [0, 0.1) is 6.92 Å². The van der Waals surface area contributed by atoms with Crippen LogP contribution in [0.1, 0.15) is 11.5 Å². The van der Waals surface area contributed by atoms with Gasteiger partial charge in [0.15, 0.2) is 17.1 Å². The van der Waals surface area contributed by atoms with E-state index in [1.807, 2.05) is 31.2 Å². The molecule has 0 radical (unpaired) electrons. The number of aromatic nitrogens is 3. The van der Waals surface area contributed by atoms with Crippen molar-refractivity contribution in [1.82, 2.24) is 15.1 Å². The van der Waals surface area contributed by atoms with E-state index in [0.29, 0.717) is 39.2 Å². The molecular formula is C18H12ClN3O4S. The predicted molar refractivity (Wildman–Crippen MR) is 99.2 cm³/mol. The van der Waals surface area contributed by atoms with E-state index in [0.717, 1.165) is 22.2 Å². The molecule has 4 aromatic rings. The summed E-state index contributed by atoms with van der Waals surface area (Å²) in [7, 11) is 0. The molecular weight excluding hydrogens is 390 g/mol. The fourth-order valence-electron chi connectivity index (χ4n) is 2.79. The molecule has 1 aliphatic rings. The first-order chi connectivity index (χ1) is 13.2. The molecule has 7 nitrogen and oxygen atoms in total. The van der Waals surface area contributed by atoms with Gasteiger partial charge in [0.2, 0.25) is 18.5 Å². The van der Waals surface area contributed by atoms with Crippen molar-refractivity contribution in [2.45, 2.75) is 17.9 Å². The van der Waals surface area contributed by atoms with Gasteiger partial charge in [-0.05, 0) is 42.8 Å². The van der Waals surface area contributed by atoms with Gasteiger partial charge in [0.1, 0.15) is 5.52 Å².